The normalized spacial score (nSPS) is 15.2. The molecule has 25 heavy (non-hydrogen) atoms. The van der Waals surface area contributed by atoms with Crippen LogP contribution in [0.15, 0.2) is 24.3 Å². The van der Waals surface area contributed by atoms with E-state index >= 15 is 0 Å². The van der Waals surface area contributed by atoms with E-state index in [2.05, 4.69) is 33.0 Å². The molecule has 1 N–H and O–H groups in total. The number of alkyl halides is 3. The van der Waals surface area contributed by atoms with E-state index in [0.717, 1.165) is 37.8 Å². The monoisotopic (exact) mass is 359 g/mol. The average Bonchev–Trinajstić information content (AvgIpc) is 2.53. The van der Waals surface area contributed by atoms with E-state index < -0.39 is 11.7 Å². The maximum Gasteiger partial charge on any atom is 0.416 e. The number of benzene rings is 1. The number of halogens is 3. The van der Waals surface area contributed by atoms with Crippen LogP contribution in [0, 0.1) is 0 Å². The number of nitrogens with one attached hydrogen (secondary N) is 1. The van der Waals surface area contributed by atoms with Crippen LogP contribution in [0.4, 0.5) is 13.2 Å². The number of hydrogen-bond acceptors (Lipinski definition) is 2. The Morgan fingerprint density at radius 3 is 2.08 bits per heavy atom. The first-order valence-corrected chi connectivity index (χ1v) is 9.04. The summed E-state index contributed by atoms with van der Waals surface area (Å²) in [6.07, 6.45) is -0.0151. The third-order valence-electron chi connectivity index (χ3n) is 4.71. The smallest absolute Gasteiger partial charge is 0.381 e. The predicted octanol–water partition coefficient (Wildman–Crippen LogP) is 5.56. The molecule has 0 aliphatic carbocycles. The summed E-state index contributed by atoms with van der Waals surface area (Å²) in [6, 6.07) is 5.80. The molecule has 5 heteroatoms. The van der Waals surface area contributed by atoms with Crippen molar-refractivity contribution in [2.75, 3.05) is 13.7 Å². The number of methoxy groups -OCH3 is 1. The van der Waals surface area contributed by atoms with Crippen molar-refractivity contribution in [2.24, 2.45) is 0 Å². The van der Waals surface area contributed by atoms with Crippen LogP contribution in [0.5, 0.6) is 0 Å². The molecule has 0 heterocycles. The Bertz CT molecular complexity index is 497. The van der Waals surface area contributed by atoms with Crippen molar-refractivity contribution in [3.8, 4) is 0 Å². The SMILES string of the molecule is CCCC(CCNC(C)CC(C)(C)c1ccc(C(F)(F)F)cc1)OC. The van der Waals surface area contributed by atoms with E-state index in [9.17, 15) is 13.2 Å². The first-order valence-electron chi connectivity index (χ1n) is 9.04. The van der Waals surface area contributed by atoms with Crippen LogP contribution >= 0.6 is 0 Å². The quantitative estimate of drug-likeness (QED) is 0.591. The fourth-order valence-electron chi connectivity index (χ4n) is 3.26. The van der Waals surface area contributed by atoms with E-state index in [4.69, 9.17) is 4.74 Å². The van der Waals surface area contributed by atoms with E-state index in [0.29, 0.717) is 0 Å². The minimum atomic E-state index is -4.28. The maximum absolute atomic E-state index is 12.7. The first kappa shape index (κ1) is 22.0. The Kier molecular flexibility index (Phi) is 8.42. The highest BCUT2D eigenvalue weighted by atomic mass is 19.4. The van der Waals surface area contributed by atoms with Crippen molar-refractivity contribution < 1.29 is 17.9 Å². The van der Waals surface area contributed by atoms with Gasteiger partial charge in [0.05, 0.1) is 11.7 Å². The summed E-state index contributed by atoms with van der Waals surface area (Å²) in [5.41, 5.74) is 0.135. The summed E-state index contributed by atoms with van der Waals surface area (Å²) in [5, 5.41) is 3.51. The average molecular weight is 359 g/mol. The summed E-state index contributed by atoms with van der Waals surface area (Å²) >= 11 is 0. The van der Waals surface area contributed by atoms with Gasteiger partial charge in [0, 0.05) is 13.2 Å². The molecule has 0 spiro atoms. The fourth-order valence-corrected chi connectivity index (χ4v) is 3.26. The van der Waals surface area contributed by atoms with Gasteiger partial charge in [-0.25, -0.2) is 0 Å². The van der Waals surface area contributed by atoms with Gasteiger partial charge in [0.25, 0.3) is 0 Å². The van der Waals surface area contributed by atoms with Crippen molar-refractivity contribution in [1.82, 2.24) is 5.32 Å². The minimum absolute atomic E-state index is 0.194. The second-order valence-corrected chi connectivity index (χ2v) is 7.45. The summed E-state index contributed by atoms with van der Waals surface area (Å²) in [6.45, 7) is 9.29. The highest BCUT2D eigenvalue weighted by Gasteiger charge is 2.31. The standard InChI is InChI=1S/C20H32F3NO/c1-6-7-18(25-5)12-13-24-15(2)14-19(3,4)16-8-10-17(11-9-16)20(21,22)23/h8-11,15,18,24H,6-7,12-14H2,1-5H3. The summed E-state index contributed by atoms with van der Waals surface area (Å²) in [5.74, 6) is 0. The first-order chi connectivity index (χ1) is 11.6. The number of rotatable bonds is 10. The molecule has 0 saturated heterocycles. The molecule has 1 rings (SSSR count). The lowest BCUT2D eigenvalue weighted by Crippen LogP contribution is -2.35. The fraction of sp³-hybridized carbons (Fsp3) is 0.700. The van der Waals surface area contributed by atoms with Crippen LogP contribution in [0.3, 0.4) is 0 Å². The predicted molar refractivity (Wildman–Crippen MR) is 96.9 cm³/mol. The lowest BCUT2D eigenvalue weighted by atomic mass is 9.79. The zero-order valence-corrected chi connectivity index (χ0v) is 16.0. The zero-order valence-electron chi connectivity index (χ0n) is 16.0. The third-order valence-corrected chi connectivity index (χ3v) is 4.71. The highest BCUT2D eigenvalue weighted by Crippen LogP contribution is 2.33. The Morgan fingerprint density at radius 2 is 1.60 bits per heavy atom. The van der Waals surface area contributed by atoms with Crippen molar-refractivity contribution >= 4 is 0 Å². The van der Waals surface area contributed by atoms with E-state index in [1.165, 1.54) is 12.1 Å². The van der Waals surface area contributed by atoms with Crippen molar-refractivity contribution in [3.05, 3.63) is 35.4 Å². The van der Waals surface area contributed by atoms with Gasteiger partial charge in [-0.3, -0.25) is 0 Å². The minimum Gasteiger partial charge on any atom is -0.381 e. The largest absolute Gasteiger partial charge is 0.416 e. The van der Waals surface area contributed by atoms with Crippen molar-refractivity contribution in [1.29, 1.82) is 0 Å². The molecule has 2 unspecified atom stereocenters. The van der Waals surface area contributed by atoms with Gasteiger partial charge >= 0.3 is 6.18 Å². The van der Waals surface area contributed by atoms with E-state index in [-0.39, 0.29) is 17.6 Å². The van der Waals surface area contributed by atoms with Gasteiger partial charge in [-0.2, -0.15) is 13.2 Å². The highest BCUT2D eigenvalue weighted by molar-refractivity contribution is 5.29. The molecule has 1 aromatic carbocycles. The van der Waals surface area contributed by atoms with Crippen LogP contribution < -0.4 is 5.32 Å². The van der Waals surface area contributed by atoms with Crippen LogP contribution in [-0.4, -0.2) is 25.8 Å². The Hall–Kier alpha value is -1.07. The molecule has 2 atom stereocenters. The molecular formula is C20H32F3NO. The maximum atomic E-state index is 12.7. The van der Waals surface area contributed by atoms with Gasteiger partial charge in [-0.15, -0.1) is 0 Å². The van der Waals surface area contributed by atoms with E-state index in [1.807, 2.05) is 0 Å². The molecule has 0 saturated carbocycles. The van der Waals surface area contributed by atoms with Crippen LogP contribution in [0.1, 0.15) is 64.5 Å². The molecule has 0 aliphatic heterocycles. The third kappa shape index (κ3) is 7.37. The molecule has 0 amide bonds. The topological polar surface area (TPSA) is 21.3 Å². The molecule has 1 aromatic rings. The summed E-state index contributed by atoms with van der Waals surface area (Å²) in [7, 11) is 1.75. The van der Waals surface area contributed by atoms with Gasteiger partial charge in [0.2, 0.25) is 0 Å². The zero-order chi connectivity index (χ0) is 19.1. The van der Waals surface area contributed by atoms with Crippen molar-refractivity contribution in [3.63, 3.8) is 0 Å². The van der Waals surface area contributed by atoms with E-state index in [1.54, 1.807) is 19.2 Å². The summed E-state index contributed by atoms with van der Waals surface area (Å²) < 4.78 is 43.5. The second kappa shape index (κ2) is 9.58. The Morgan fingerprint density at radius 1 is 1.04 bits per heavy atom. The molecule has 2 nitrogen and oxygen atoms in total. The van der Waals surface area contributed by atoms with Gasteiger partial charge in [-0.1, -0.05) is 39.3 Å². The molecule has 0 radical (unpaired) electrons. The van der Waals surface area contributed by atoms with Gasteiger partial charge in [0.15, 0.2) is 0 Å². The van der Waals surface area contributed by atoms with Crippen molar-refractivity contribution in [2.45, 2.75) is 77.1 Å². The lowest BCUT2D eigenvalue weighted by molar-refractivity contribution is -0.137. The molecule has 0 aliphatic rings. The Balaban J connectivity index is 2.55. The summed E-state index contributed by atoms with van der Waals surface area (Å²) in [4.78, 5) is 0. The molecular weight excluding hydrogens is 327 g/mol. The molecule has 0 fully saturated rings. The number of ether oxygens (including phenoxy) is 1. The number of hydrogen-bond donors (Lipinski definition) is 1. The van der Waals surface area contributed by atoms with Gasteiger partial charge in [0.1, 0.15) is 0 Å². The molecule has 144 valence electrons. The van der Waals surface area contributed by atoms with Crippen LogP contribution in [0.2, 0.25) is 0 Å². The van der Waals surface area contributed by atoms with Gasteiger partial charge in [-0.05, 0) is 55.8 Å². The second-order valence-electron chi connectivity index (χ2n) is 7.45. The van der Waals surface area contributed by atoms with Crippen LogP contribution in [-0.2, 0) is 16.3 Å². The molecule has 0 bridgehead atoms. The van der Waals surface area contributed by atoms with Gasteiger partial charge < -0.3 is 10.1 Å². The van der Waals surface area contributed by atoms with Crippen LogP contribution in [0.25, 0.3) is 0 Å². The lowest BCUT2D eigenvalue weighted by Gasteiger charge is -2.30. The molecule has 0 aromatic heterocycles. The Labute approximate surface area is 150 Å².